The van der Waals surface area contributed by atoms with E-state index in [0.29, 0.717) is 25.9 Å². The van der Waals surface area contributed by atoms with Crippen LogP contribution in [0.15, 0.2) is 24.3 Å². The Hall–Kier alpha value is -0.610. The van der Waals surface area contributed by atoms with Crippen molar-refractivity contribution in [1.82, 2.24) is 5.32 Å². The minimum atomic E-state index is 0.167. The average Bonchev–Trinajstić information content (AvgIpc) is 2.46. The highest BCUT2D eigenvalue weighted by atomic mass is 35.5. The Balaban J connectivity index is 1.89. The van der Waals surface area contributed by atoms with Gasteiger partial charge in [-0.25, -0.2) is 0 Å². The zero-order valence-electron chi connectivity index (χ0n) is 11.4. The van der Waals surface area contributed by atoms with Crippen molar-refractivity contribution in [3.63, 3.8) is 0 Å². The first-order chi connectivity index (χ1) is 9.29. The second-order valence-electron chi connectivity index (χ2n) is 4.87. The molecular weight excluding hydrogens is 262 g/mol. The van der Waals surface area contributed by atoms with Gasteiger partial charge in [0.25, 0.3) is 0 Å². The Morgan fingerprint density at radius 1 is 1.32 bits per heavy atom. The maximum atomic E-state index is 5.94. The second kappa shape index (κ2) is 7.85. The van der Waals surface area contributed by atoms with Gasteiger partial charge < -0.3 is 14.8 Å². The lowest BCUT2D eigenvalue weighted by Crippen LogP contribution is -2.38. The van der Waals surface area contributed by atoms with Crippen molar-refractivity contribution < 1.29 is 9.47 Å². The van der Waals surface area contributed by atoms with Crippen LogP contribution in [0.2, 0.25) is 5.02 Å². The summed E-state index contributed by atoms with van der Waals surface area (Å²) in [6.45, 7) is 5.13. The first-order valence-electron chi connectivity index (χ1n) is 6.97. The molecular formula is C15H22ClNO2. The quantitative estimate of drug-likeness (QED) is 0.870. The third-order valence-electron chi connectivity index (χ3n) is 3.33. The molecule has 0 aliphatic carbocycles. The van der Waals surface area contributed by atoms with Crippen LogP contribution in [0.25, 0.3) is 0 Å². The maximum Gasteiger partial charge on any atom is 0.0933 e. The molecule has 1 aromatic rings. The van der Waals surface area contributed by atoms with Gasteiger partial charge in [0.2, 0.25) is 0 Å². The van der Waals surface area contributed by atoms with E-state index >= 15 is 0 Å². The van der Waals surface area contributed by atoms with Crippen LogP contribution in [0.5, 0.6) is 0 Å². The van der Waals surface area contributed by atoms with Gasteiger partial charge in [-0.2, -0.15) is 0 Å². The van der Waals surface area contributed by atoms with Crippen LogP contribution in [-0.4, -0.2) is 32.5 Å². The molecule has 2 rings (SSSR count). The van der Waals surface area contributed by atoms with Crippen LogP contribution < -0.4 is 5.32 Å². The summed E-state index contributed by atoms with van der Waals surface area (Å²) in [6, 6.07) is 8.43. The molecule has 0 radical (unpaired) electrons. The molecule has 0 aromatic heterocycles. The highest BCUT2D eigenvalue weighted by Crippen LogP contribution is 2.20. The Labute approximate surface area is 120 Å². The number of benzene rings is 1. The van der Waals surface area contributed by atoms with Crippen LogP contribution in [0.4, 0.5) is 0 Å². The molecule has 0 saturated carbocycles. The van der Waals surface area contributed by atoms with Crippen LogP contribution >= 0.6 is 11.6 Å². The topological polar surface area (TPSA) is 30.5 Å². The second-order valence-corrected chi connectivity index (χ2v) is 5.31. The van der Waals surface area contributed by atoms with Gasteiger partial charge in [-0.05, 0) is 24.1 Å². The average molecular weight is 284 g/mol. The molecule has 1 fully saturated rings. The molecule has 2 unspecified atom stereocenters. The Kier molecular flexibility index (Phi) is 6.11. The standard InChI is InChI=1S/C15H22ClNO2/c1-2-3-15(12-4-6-13(16)7-5-12)17-10-14-11-18-8-9-19-14/h4-7,14-15,17H,2-3,8-11H2,1H3. The van der Waals surface area contributed by atoms with E-state index in [1.807, 2.05) is 12.1 Å². The molecule has 4 heteroatoms. The summed E-state index contributed by atoms with van der Waals surface area (Å²) in [4.78, 5) is 0. The van der Waals surface area contributed by atoms with Crippen molar-refractivity contribution in [1.29, 1.82) is 0 Å². The first kappa shape index (κ1) is 14.8. The summed E-state index contributed by atoms with van der Waals surface area (Å²) >= 11 is 5.94. The molecule has 3 nitrogen and oxygen atoms in total. The van der Waals surface area contributed by atoms with E-state index < -0.39 is 0 Å². The van der Waals surface area contributed by atoms with Gasteiger partial charge in [0, 0.05) is 17.6 Å². The smallest absolute Gasteiger partial charge is 0.0933 e. The van der Waals surface area contributed by atoms with Crippen molar-refractivity contribution in [3.8, 4) is 0 Å². The number of nitrogens with one attached hydrogen (secondary N) is 1. The number of hydrogen-bond acceptors (Lipinski definition) is 3. The van der Waals surface area contributed by atoms with E-state index in [2.05, 4.69) is 24.4 Å². The van der Waals surface area contributed by atoms with E-state index in [4.69, 9.17) is 21.1 Å². The Bertz CT molecular complexity index is 363. The van der Waals surface area contributed by atoms with Crippen molar-refractivity contribution >= 4 is 11.6 Å². The first-order valence-corrected chi connectivity index (χ1v) is 7.35. The van der Waals surface area contributed by atoms with Crippen LogP contribution in [-0.2, 0) is 9.47 Å². The largest absolute Gasteiger partial charge is 0.376 e. The van der Waals surface area contributed by atoms with Crippen molar-refractivity contribution in [2.75, 3.05) is 26.4 Å². The Morgan fingerprint density at radius 3 is 2.74 bits per heavy atom. The molecule has 0 bridgehead atoms. The van der Waals surface area contributed by atoms with Gasteiger partial charge in [0.15, 0.2) is 0 Å². The zero-order chi connectivity index (χ0) is 13.5. The van der Waals surface area contributed by atoms with Crippen molar-refractivity contribution in [2.45, 2.75) is 31.9 Å². The van der Waals surface area contributed by atoms with Gasteiger partial charge in [-0.3, -0.25) is 0 Å². The van der Waals surface area contributed by atoms with Crippen LogP contribution in [0, 0.1) is 0 Å². The summed E-state index contributed by atoms with van der Waals surface area (Å²) in [5.74, 6) is 0. The molecule has 0 spiro atoms. The number of halogens is 1. The summed E-state index contributed by atoms with van der Waals surface area (Å²) in [6.07, 6.45) is 2.41. The molecule has 2 atom stereocenters. The molecule has 106 valence electrons. The van der Waals surface area contributed by atoms with E-state index in [-0.39, 0.29) is 6.10 Å². The molecule has 1 aliphatic heterocycles. The van der Waals surface area contributed by atoms with Gasteiger partial charge in [-0.15, -0.1) is 0 Å². The van der Waals surface area contributed by atoms with Gasteiger partial charge in [0.1, 0.15) is 0 Å². The fourth-order valence-electron chi connectivity index (χ4n) is 2.30. The summed E-state index contributed by atoms with van der Waals surface area (Å²) < 4.78 is 11.1. The minimum Gasteiger partial charge on any atom is -0.376 e. The number of rotatable bonds is 6. The summed E-state index contributed by atoms with van der Waals surface area (Å²) in [7, 11) is 0. The highest BCUT2D eigenvalue weighted by molar-refractivity contribution is 6.30. The monoisotopic (exact) mass is 283 g/mol. The predicted octanol–water partition coefficient (Wildman–Crippen LogP) is 3.19. The maximum absolute atomic E-state index is 5.94. The van der Waals surface area contributed by atoms with E-state index in [1.54, 1.807) is 0 Å². The van der Waals surface area contributed by atoms with E-state index in [1.165, 1.54) is 5.56 Å². The predicted molar refractivity (Wildman–Crippen MR) is 77.7 cm³/mol. The van der Waals surface area contributed by atoms with Crippen LogP contribution in [0.3, 0.4) is 0 Å². The van der Waals surface area contributed by atoms with Gasteiger partial charge in [0.05, 0.1) is 25.9 Å². The lowest BCUT2D eigenvalue weighted by atomic mass is 10.0. The van der Waals surface area contributed by atoms with E-state index in [0.717, 1.165) is 24.4 Å². The molecule has 1 heterocycles. The molecule has 1 N–H and O–H groups in total. The number of hydrogen-bond donors (Lipinski definition) is 1. The summed E-state index contributed by atoms with van der Waals surface area (Å²) in [5.41, 5.74) is 1.28. The molecule has 0 amide bonds. The molecule has 19 heavy (non-hydrogen) atoms. The van der Waals surface area contributed by atoms with Crippen LogP contribution in [0.1, 0.15) is 31.4 Å². The number of ether oxygens (including phenoxy) is 2. The summed E-state index contributed by atoms with van der Waals surface area (Å²) in [5, 5.41) is 4.36. The fraction of sp³-hybridized carbons (Fsp3) is 0.600. The fourth-order valence-corrected chi connectivity index (χ4v) is 2.42. The minimum absolute atomic E-state index is 0.167. The molecule has 1 aliphatic rings. The van der Waals surface area contributed by atoms with Gasteiger partial charge in [-0.1, -0.05) is 37.1 Å². The SMILES string of the molecule is CCCC(NCC1COCCO1)c1ccc(Cl)cc1. The van der Waals surface area contributed by atoms with Crippen molar-refractivity contribution in [2.24, 2.45) is 0 Å². The molecule has 1 aromatic carbocycles. The van der Waals surface area contributed by atoms with Crippen molar-refractivity contribution in [3.05, 3.63) is 34.9 Å². The zero-order valence-corrected chi connectivity index (χ0v) is 12.2. The third kappa shape index (κ3) is 4.77. The highest BCUT2D eigenvalue weighted by Gasteiger charge is 2.17. The van der Waals surface area contributed by atoms with E-state index in [9.17, 15) is 0 Å². The lowest BCUT2D eigenvalue weighted by Gasteiger charge is -2.26. The Morgan fingerprint density at radius 2 is 2.11 bits per heavy atom. The third-order valence-corrected chi connectivity index (χ3v) is 3.58. The van der Waals surface area contributed by atoms with Gasteiger partial charge >= 0.3 is 0 Å². The lowest BCUT2D eigenvalue weighted by molar-refractivity contribution is -0.0871. The normalized spacial score (nSPS) is 21.3. The molecule has 1 saturated heterocycles.